The van der Waals surface area contributed by atoms with Crippen LogP contribution in [0.4, 0.5) is 0 Å². The number of methoxy groups -OCH3 is 1. The molecule has 17 heavy (non-hydrogen) atoms. The summed E-state index contributed by atoms with van der Waals surface area (Å²) in [5.74, 6) is 0.0183. The molecule has 0 saturated heterocycles. The third kappa shape index (κ3) is 3.74. The van der Waals surface area contributed by atoms with E-state index in [9.17, 15) is 13.2 Å². The second-order valence-electron chi connectivity index (χ2n) is 3.58. The lowest BCUT2D eigenvalue weighted by Crippen LogP contribution is -2.30. The third-order valence-electron chi connectivity index (χ3n) is 2.22. The fourth-order valence-corrected chi connectivity index (χ4v) is 1.88. The molecule has 1 aromatic rings. The minimum absolute atomic E-state index is 0.346. The first kappa shape index (κ1) is 13.5. The highest BCUT2D eigenvalue weighted by Crippen LogP contribution is 2.18. The zero-order chi connectivity index (χ0) is 13.1. The maximum atomic E-state index is 11.7. The van der Waals surface area contributed by atoms with Gasteiger partial charge < -0.3 is 4.74 Å². The molecular weight excluding hydrogens is 242 g/mol. The molecule has 0 spiro atoms. The Morgan fingerprint density at radius 3 is 2.53 bits per heavy atom. The van der Waals surface area contributed by atoms with Crippen LogP contribution in [0.15, 0.2) is 18.2 Å². The third-order valence-corrected chi connectivity index (χ3v) is 2.77. The van der Waals surface area contributed by atoms with Crippen LogP contribution in [0.2, 0.25) is 0 Å². The number of rotatable bonds is 4. The number of sulfonamides is 1. The molecule has 0 fully saturated rings. The van der Waals surface area contributed by atoms with Gasteiger partial charge in [0.2, 0.25) is 10.0 Å². The quantitative estimate of drug-likeness (QED) is 0.871. The van der Waals surface area contributed by atoms with Gasteiger partial charge in [-0.25, -0.2) is 13.1 Å². The van der Waals surface area contributed by atoms with Crippen LogP contribution >= 0.6 is 0 Å². The Bertz CT molecular complexity index is 522. The summed E-state index contributed by atoms with van der Waals surface area (Å²) >= 11 is 0. The van der Waals surface area contributed by atoms with Crippen LogP contribution in [-0.2, 0) is 16.4 Å². The van der Waals surface area contributed by atoms with Gasteiger partial charge in [0.1, 0.15) is 5.75 Å². The number of carbonyl (C=O) groups excluding carboxylic acids is 1. The first-order valence-corrected chi connectivity index (χ1v) is 6.95. The maximum Gasteiger partial charge on any atom is 0.264 e. The number of aryl methyl sites for hydroxylation is 1. The lowest BCUT2D eigenvalue weighted by Gasteiger charge is -2.09. The van der Waals surface area contributed by atoms with Crippen LogP contribution in [0, 0.1) is 0 Å². The molecule has 0 aliphatic rings. The number of hydrogen-bond donors (Lipinski definition) is 1. The van der Waals surface area contributed by atoms with Crippen molar-refractivity contribution in [3.63, 3.8) is 0 Å². The summed E-state index contributed by atoms with van der Waals surface area (Å²) in [4.78, 5) is 11.7. The van der Waals surface area contributed by atoms with Gasteiger partial charge in [0.05, 0.1) is 13.4 Å². The topological polar surface area (TPSA) is 72.5 Å². The van der Waals surface area contributed by atoms with Crippen molar-refractivity contribution < 1.29 is 17.9 Å². The van der Waals surface area contributed by atoms with Gasteiger partial charge >= 0.3 is 0 Å². The molecule has 0 heterocycles. The van der Waals surface area contributed by atoms with Crippen molar-refractivity contribution in [2.45, 2.75) is 13.3 Å². The van der Waals surface area contributed by atoms with Gasteiger partial charge in [-0.05, 0) is 30.2 Å². The molecule has 5 nitrogen and oxygen atoms in total. The van der Waals surface area contributed by atoms with Crippen molar-refractivity contribution in [1.29, 1.82) is 0 Å². The Kier molecular flexibility index (Phi) is 4.11. The molecule has 0 atom stereocenters. The van der Waals surface area contributed by atoms with Crippen LogP contribution in [0.3, 0.4) is 0 Å². The Morgan fingerprint density at radius 1 is 1.41 bits per heavy atom. The monoisotopic (exact) mass is 257 g/mol. The number of carbonyl (C=O) groups is 1. The molecule has 0 aliphatic carbocycles. The molecule has 1 aromatic carbocycles. The Labute approximate surface area is 101 Å². The van der Waals surface area contributed by atoms with Crippen molar-refractivity contribution in [2.75, 3.05) is 13.4 Å². The molecule has 94 valence electrons. The molecular formula is C11H15NO4S. The normalized spacial score (nSPS) is 11.0. The molecule has 1 amide bonds. The number of amides is 1. The largest absolute Gasteiger partial charge is 0.497 e. The summed E-state index contributed by atoms with van der Waals surface area (Å²) in [6.45, 7) is 1.88. The van der Waals surface area contributed by atoms with E-state index in [0.29, 0.717) is 17.7 Å². The predicted octanol–water partition coefficient (Wildman–Crippen LogP) is 0.947. The van der Waals surface area contributed by atoms with Gasteiger partial charge in [-0.2, -0.15) is 0 Å². The summed E-state index contributed by atoms with van der Waals surface area (Å²) in [7, 11) is -2.01. The van der Waals surface area contributed by atoms with E-state index in [1.807, 2.05) is 11.6 Å². The van der Waals surface area contributed by atoms with Gasteiger partial charge in [0.15, 0.2) is 0 Å². The van der Waals surface area contributed by atoms with Crippen molar-refractivity contribution >= 4 is 15.9 Å². The number of benzene rings is 1. The molecule has 6 heteroatoms. The Hall–Kier alpha value is -1.56. The predicted molar refractivity (Wildman–Crippen MR) is 64.7 cm³/mol. The van der Waals surface area contributed by atoms with E-state index >= 15 is 0 Å². The highest BCUT2D eigenvalue weighted by molar-refractivity contribution is 7.89. The summed E-state index contributed by atoms with van der Waals surface area (Å²) in [5, 5.41) is 0. The number of nitrogens with one attached hydrogen (secondary N) is 1. The van der Waals surface area contributed by atoms with Gasteiger partial charge in [0, 0.05) is 5.56 Å². The fourth-order valence-electron chi connectivity index (χ4n) is 1.43. The second-order valence-corrected chi connectivity index (χ2v) is 5.33. The van der Waals surface area contributed by atoms with Crippen molar-refractivity contribution in [3.05, 3.63) is 29.3 Å². The fraction of sp³-hybridized carbons (Fsp3) is 0.364. The summed E-state index contributed by atoms with van der Waals surface area (Å²) < 4.78 is 28.9. The molecule has 1 rings (SSSR count). The van der Waals surface area contributed by atoms with E-state index < -0.39 is 15.9 Å². The highest BCUT2D eigenvalue weighted by Gasteiger charge is 2.14. The SMILES string of the molecule is CCc1cc(OC)ccc1C(=O)NS(C)(=O)=O. The van der Waals surface area contributed by atoms with E-state index in [1.54, 1.807) is 18.2 Å². The summed E-state index contributed by atoms with van der Waals surface area (Å²) in [6, 6.07) is 4.89. The number of hydrogen-bond acceptors (Lipinski definition) is 4. The van der Waals surface area contributed by atoms with E-state index in [1.165, 1.54) is 7.11 Å². The molecule has 0 aromatic heterocycles. The second kappa shape index (κ2) is 5.18. The molecule has 0 unspecified atom stereocenters. The van der Waals surface area contributed by atoms with E-state index in [0.717, 1.165) is 11.8 Å². The molecule has 1 N–H and O–H groups in total. The first-order valence-electron chi connectivity index (χ1n) is 5.06. The lowest BCUT2D eigenvalue weighted by molar-refractivity contribution is 0.0981. The summed E-state index contributed by atoms with van der Waals surface area (Å²) in [5.41, 5.74) is 1.09. The minimum atomic E-state index is -3.54. The highest BCUT2D eigenvalue weighted by atomic mass is 32.2. The molecule has 0 saturated carbocycles. The van der Waals surface area contributed by atoms with Crippen LogP contribution in [0.25, 0.3) is 0 Å². The van der Waals surface area contributed by atoms with Gasteiger partial charge in [-0.1, -0.05) is 6.92 Å². The van der Waals surface area contributed by atoms with Gasteiger partial charge in [-0.15, -0.1) is 0 Å². The Balaban J connectivity index is 3.09. The molecule has 0 aliphatic heterocycles. The van der Waals surface area contributed by atoms with Crippen LogP contribution in [-0.4, -0.2) is 27.7 Å². The van der Waals surface area contributed by atoms with E-state index in [-0.39, 0.29) is 0 Å². The van der Waals surface area contributed by atoms with Crippen LogP contribution in [0.1, 0.15) is 22.8 Å². The first-order chi connectivity index (χ1) is 7.87. The van der Waals surface area contributed by atoms with E-state index in [2.05, 4.69) is 0 Å². The van der Waals surface area contributed by atoms with Crippen molar-refractivity contribution in [3.8, 4) is 5.75 Å². The van der Waals surface area contributed by atoms with Crippen LogP contribution in [0.5, 0.6) is 5.75 Å². The average molecular weight is 257 g/mol. The standard InChI is InChI=1S/C11H15NO4S/c1-4-8-7-9(16-2)5-6-10(8)11(13)12-17(3,14)15/h5-7H,4H2,1-3H3,(H,12,13). The average Bonchev–Trinajstić information content (AvgIpc) is 2.25. The van der Waals surface area contributed by atoms with E-state index in [4.69, 9.17) is 4.74 Å². The number of ether oxygens (including phenoxy) is 1. The zero-order valence-corrected chi connectivity index (χ0v) is 10.8. The molecule has 0 radical (unpaired) electrons. The lowest BCUT2D eigenvalue weighted by atomic mass is 10.0. The van der Waals surface area contributed by atoms with Crippen molar-refractivity contribution in [1.82, 2.24) is 4.72 Å². The molecule has 0 bridgehead atoms. The van der Waals surface area contributed by atoms with Crippen molar-refractivity contribution in [2.24, 2.45) is 0 Å². The smallest absolute Gasteiger partial charge is 0.264 e. The van der Waals surface area contributed by atoms with Gasteiger partial charge in [-0.3, -0.25) is 4.79 Å². The zero-order valence-electron chi connectivity index (χ0n) is 9.98. The maximum absolute atomic E-state index is 11.7. The minimum Gasteiger partial charge on any atom is -0.497 e. The van der Waals surface area contributed by atoms with Crippen LogP contribution < -0.4 is 9.46 Å². The summed E-state index contributed by atoms with van der Waals surface area (Å²) in [6.07, 6.45) is 1.56. The van der Waals surface area contributed by atoms with Gasteiger partial charge in [0.25, 0.3) is 5.91 Å². The Morgan fingerprint density at radius 2 is 2.06 bits per heavy atom.